The number of nitrogens with one attached hydrogen (secondary N) is 2. The van der Waals surface area contributed by atoms with Crippen molar-refractivity contribution in [3.8, 4) is 0 Å². The van der Waals surface area contributed by atoms with Gasteiger partial charge >= 0.3 is 0 Å². The van der Waals surface area contributed by atoms with Gasteiger partial charge in [-0.2, -0.15) is 0 Å². The highest BCUT2D eigenvalue weighted by atomic mass is 127. The van der Waals surface area contributed by atoms with Crippen LogP contribution in [0.3, 0.4) is 0 Å². The first-order chi connectivity index (χ1) is 11.6. The third kappa shape index (κ3) is 5.08. The van der Waals surface area contributed by atoms with Gasteiger partial charge in [-0.25, -0.2) is 4.99 Å². The van der Waals surface area contributed by atoms with Crippen LogP contribution in [0.1, 0.15) is 69.9 Å². The number of aliphatic imine (C=N–C) groups is 1. The van der Waals surface area contributed by atoms with Gasteiger partial charge in [0.05, 0.1) is 0 Å². The van der Waals surface area contributed by atoms with E-state index in [1.54, 1.807) is 0 Å². The van der Waals surface area contributed by atoms with Crippen molar-refractivity contribution in [1.29, 1.82) is 0 Å². The summed E-state index contributed by atoms with van der Waals surface area (Å²) in [5, 5.41) is 15.6. The van der Waals surface area contributed by atoms with Gasteiger partial charge in [-0.15, -0.1) is 34.2 Å². The summed E-state index contributed by atoms with van der Waals surface area (Å²) in [5.74, 6) is 2.79. The smallest absolute Gasteiger partial charge is 0.191 e. The van der Waals surface area contributed by atoms with Gasteiger partial charge in [0.25, 0.3) is 0 Å². The molecule has 0 bridgehead atoms. The Bertz CT molecular complexity index is 567. The van der Waals surface area contributed by atoms with Crippen LogP contribution in [0, 0.1) is 12.3 Å². The minimum atomic E-state index is 0. The molecule has 0 unspecified atom stereocenters. The zero-order valence-electron chi connectivity index (χ0n) is 15.8. The van der Waals surface area contributed by atoms with E-state index in [4.69, 9.17) is 4.99 Å². The number of halogens is 1. The molecule has 2 fully saturated rings. The summed E-state index contributed by atoms with van der Waals surface area (Å²) in [6.07, 6.45) is 10.5. The Morgan fingerprint density at radius 3 is 2.48 bits per heavy atom. The van der Waals surface area contributed by atoms with Crippen LogP contribution in [-0.4, -0.2) is 33.3 Å². The molecule has 1 aromatic heterocycles. The van der Waals surface area contributed by atoms with Crippen LogP contribution in [0.25, 0.3) is 0 Å². The van der Waals surface area contributed by atoms with E-state index in [1.807, 2.05) is 18.5 Å². The van der Waals surface area contributed by atoms with Gasteiger partial charge in [-0.3, -0.25) is 0 Å². The van der Waals surface area contributed by atoms with E-state index in [0.29, 0.717) is 18.0 Å². The van der Waals surface area contributed by atoms with E-state index in [-0.39, 0.29) is 24.0 Å². The number of nitrogens with zero attached hydrogens (tertiary/aromatic N) is 4. The van der Waals surface area contributed by atoms with Crippen LogP contribution in [0.15, 0.2) is 4.99 Å². The number of hydrogen-bond acceptors (Lipinski definition) is 3. The second-order valence-electron chi connectivity index (χ2n) is 7.57. The Kier molecular flexibility index (Phi) is 7.51. The second-order valence-corrected chi connectivity index (χ2v) is 7.57. The van der Waals surface area contributed by atoms with E-state index < -0.39 is 0 Å². The van der Waals surface area contributed by atoms with Gasteiger partial charge in [0.2, 0.25) is 0 Å². The highest BCUT2D eigenvalue weighted by Gasteiger charge is 2.35. The quantitative estimate of drug-likeness (QED) is 0.389. The predicted molar refractivity (Wildman–Crippen MR) is 112 cm³/mol. The lowest BCUT2D eigenvalue weighted by Gasteiger charge is -2.41. The Morgan fingerprint density at radius 2 is 1.96 bits per heavy atom. The Balaban J connectivity index is 0.00000225. The molecule has 25 heavy (non-hydrogen) atoms. The Morgan fingerprint density at radius 1 is 1.24 bits per heavy atom. The monoisotopic (exact) mass is 460 g/mol. The summed E-state index contributed by atoms with van der Waals surface area (Å²) in [7, 11) is 2.00. The molecule has 1 heterocycles. The van der Waals surface area contributed by atoms with Crippen molar-refractivity contribution in [3.63, 3.8) is 0 Å². The summed E-state index contributed by atoms with van der Waals surface area (Å²) < 4.78 is 2.01. The van der Waals surface area contributed by atoms with E-state index in [9.17, 15) is 0 Å². The zero-order valence-corrected chi connectivity index (χ0v) is 18.2. The van der Waals surface area contributed by atoms with E-state index >= 15 is 0 Å². The van der Waals surface area contributed by atoms with Crippen LogP contribution < -0.4 is 10.6 Å². The van der Waals surface area contributed by atoms with Gasteiger partial charge in [0.15, 0.2) is 11.8 Å². The molecule has 0 radical (unpaired) electrons. The lowest BCUT2D eigenvalue weighted by molar-refractivity contribution is 0.131. The number of aromatic nitrogens is 3. The van der Waals surface area contributed by atoms with Crippen molar-refractivity contribution in [2.24, 2.45) is 17.5 Å². The molecule has 3 rings (SSSR count). The standard InChI is InChI=1S/C18H32N6.HI/c1-4-18(10-7-11-18)13-20-17(21-15-8-5-6-9-15)19-12-16-23-22-14(2)24(16)3;/h15H,4-13H2,1-3H3,(H2,19,20,21);1H. The van der Waals surface area contributed by atoms with Crippen LogP contribution in [-0.2, 0) is 13.6 Å². The highest BCUT2D eigenvalue weighted by molar-refractivity contribution is 14.0. The lowest BCUT2D eigenvalue weighted by Crippen LogP contribution is -2.48. The molecule has 0 atom stereocenters. The van der Waals surface area contributed by atoms with E-state index in [0.717, 1.165) is 24.2 Å². The maximum Gasteiger partial charge on any atom is 0.191 e. The molecule has 0 spiro atoms. The molecule has 2 aliphatic carbocycles. The fourth-order valence-corrected chi connectivity index (χ4v) is 3.76. The van der Waals surface area contributed by atoms with Crippen molar-refractivity contribution in [1.82, 2.24) is 25.4 Å². The maximum atomic E-state index is 4.80. The first-order valence-corrected chi connectivity index (χ1v) is 9.52. The molecule has 0 aromatic carbocycles. The average molecular weight is 460 g/mol. The minimum Gasteiger partial charge on any atom is -0.356 e. The fourth-order valence-electron chi connectivity index (χ4n) is 3.76. The SMILES string of the molecule is CCC1(CNC(=NCc2nnc(C)n2C)NC2CCCC2)CCC1.I. The van der Waals surface area contributed by atoms with Crippen molar-refractivity contribution >= 4 is 29.9 Å². The topological polar surface area (TPSA) is 67.1 Å². The van der Waals surface area contributed by atoms with Crippen molar-refractivity contribution in [2.45, 2.75) is 77.8 Å². The largest absolute Gasteiger partial charge is 0.356 e. The molecule has 0 amide bonds. The molecular formula is C18H33IN6. The van der Waals surface area contributed by atoms with Gasteiger partial charge in [-0.1, -0.05) is 26.2 Å². The molecule has 6 nitrogen and oxygen atoms in total. The Labute approximate surface area is 168 Å². The first-order valence-electron chi connectivity index (χ1n) is 9.52. The van der Waals surface area contributed by atoms with Gasteiger partial charge in [-0.05, 0) is 44.4 Å². The summed E-state index contributed by atoms with van der Waals surface area (Å²) in [4.78, 5) is 4.80. The molecule has 2 aliphatic rings. The molecule has 0 saturated heterocycles. The van der Waals surface area contributed by atoms with Crippen LogP contribution in [0.5, 0.6) is 0 Å². The lowest BCUT2D eigenvalue weighted by atomic mass is 9.67. The molecule has 1 aromatic rings. The van der Waals surface area contributed by atoms with Gasteiger partial charge < -0.3 is 15.2 Å². The van der Waals surface area contributed by atoms with E-state index in [2.05, 4.69) is 27.8 Å². The summed E-state index contributed by atoms with van der Waals surface area (Å²) >= 11 is 0. The van der Waals surface area contributed by atoms with Gasteiger partial charge in [0, 0.05) is 19.6 Å². The van der Waals surface area contributed by atoms with Crippen molar-refractivity contribution in [3.05, 3.63) is 11.6 Å². The molecule has 2 saturated carbocycles. The number of guanidine groups is 1. The summed E-state index contributed by atoms with van der Waals surface area (Å²) in [5.41, 5.74) is 0.486. The van der Waals surface area contributed by atoms with Crippen LogP contribution >= 0.6 is 24.0 Å². The molecule has 142 valence electrons. The fraction of sp³-hybridized carbons (Fsp3) is 0.833. The van der Waals surface area contributed by atoms with Crippen LogP contribution in [0.2, 0.25) is 0 Å². The number of hydrogen-bond donors (Lipinski definition) is 2. The Hall–Kier alpha value is -0.860. The third-order valence-electron chi connectivity index (χ3n) is 6.05. The van der Waals surface area contributed by atoms with Gasteiger partial charge in [0.1, 0.15) is 12.4 Å². The maximum absolute atomic E-state index is 4.80. The number of aryl methyl sites for hydroxylation is 1. The normalized spacial score (nSPS) is 20.0. The van der Waals surface area contributed by atoms with E-state index in [1.165, 1.54) is 51.4 Å². The molecule has 0 aliphatic heterocycles. The van der Waals surface area contributed by atoms with Crippen molar-refractivity contribution in [2.75, 3.05) is 6.54 Å². The minimum absolute atomic E-state index is 0. The molecule has 2 N–H and O–H groups in total. The predicted octanol–water partition coefficient (Wildman–Crippen LogP) is 3.30. The van der Waals surface area contributed by atoms with Crippen molar-refractivity contribution < 1.29 is 0 Å². The average Bonchev–Trinajstić information content (AvgIpc) is 3.16. The number of rotatable bonds is 6. The second kappa shape index (κ2) is 9.19. The summed E-state index contributed by atoms with van der Waals surface area (Å²) in [6, 6.07) is 0.566. The third-order valence-corrected chi connectivity index (χ3v) is 6.05. The first kappa shape index (κ1) is 20.5. The van der Waals surface area contributed by atoms with Crippen LogP contribution in [0.4, 0.5) is 0 Å². The highest BCUT2D eigenvalue weighted by Crippen LogP contribution is 2.43. The zero-order chi connectivity index (χ0) is 17.0. The molecule has 7 heteroatoms. The molecular weight excluding hydrogens is 427 g/mol. The summed E-state index contributed by atoms with van der Waals surface area (Å²) in [6.45, 7) is 5.88.